The first-order valence-electron chi connectivity index (χ1n) is 5.66. The van der Waals surface area contributed by atoms with E-state index in [1.54, 1.807) is 0 Å². The molecule has 1 aromatic heterocycles. The zero-order valence-corrected chi connectivity index (χ0v) is 10.5. The van der Waals surface area contributed by atoms with Gasteiger partial charge in [0.05, 0.1) is 11.1 Å². The number of pyridine rings is 1. The van der Waals surface area contributed by atoms with Crippen LogP contribution in [0.2, 0.25) is 0 Å². The lowest BCUT2D eigenvalue weighted by Crippen LogP contribution is -2.18. The quantitative estimate of drug-likeness (QED) is 0.584. The van der Waals surface area contributed by atoms with Gasteiger partial charge < -0.3 is 4.74 Å². The van der Waals surface area contributed by atoms with Crippen LogP contribution in [-0.2, 0) is 6.18 Å². The van der Waals surface area contributed by atoms with Gasteiger partial charge in [-0.1, -0.05) is 18.2 Å². The van der Waals surface area contributed by atoms with Gasteiger partial charge in [-0.3, -0.25) is 0 Å². The Hall–Kier alpha value is -2.32. The molecule has 1 heterocycles. The Morgan fingerprint density at radius 3 is 2.14 bits per heavy atom. The molecule has 22 heavy (non-hydrogen) atoms. The summed E-state index contributed by atoms with van der Waals surface area (Å²) in [5.41, 5.74) is -3.24. The molecule has 0 unspecified atom stereocenters. The third kappa shape index (κ3) is 3.46. The number of alkyl halides is 6. The smallest absolute Gasteiger partial charge is 0.405 e. The summed E-state index contributed by atoms with van der Waals surface area (Å²) in [5.74, 6) is -2.50. The number of ether oxygens (including phenoxy) is 1. The average Bonchev–Trinajstić information content (AvgIpc) is 2.36. The largest absolute Gasteiger partial charge is 0.573 e. The molecule has 0 saturated carbocycles. The summed E-state index contributed by atoms with van der Waals surface area (Å²) in [7, 11) is 0. The first kappa shape index (κ1) is 16.1. The maximum atomic E-state index is 13.7. The number of hydrogen-bond donors (Lipinski definition) is 0. The van der Waals surface area contributed by atoms with E-state index in [1.807, 2.05) is 0 Å². The minimum atomic E-state index is -5.13. The summed E-state index contributed by atoms with van der Waals surface area (Å²) >= 11 is 0. The highest BCUT2D eigenvalue weighted by atomic mass is 19.4. The number of rotatable bonds is 2. The topological polar surface area (TPSA) is 22.1 Å². The lowest BCUT2D eigenvalue weighted by Gasteiger charge is -2.17. The van der Waals surface area contributed by atoms with Crippen LogP contribution in [0.25, 0.3) is 11.1 Å². The fourth-order valence-corrected chi connectivity index (χ4v) is 1.82. The SMILES string of the molecule is Fc1nccc(C(F)(F)F)c1-c1ccccc1OC(F)(F)F. The van der Waals surface area contributed by atoms with E-state index in [-0.39, 0.29) is 0 Å². The van der Waals surface area contributed by atoms with Crippen LogP contribution < -0.4 is 4.74 Å². The summed E-state index contributed by atoms with van der Waals surface area (Å²) in [6.45, 7) is 0. The lowest BCUT2D eigenvalue weighted by atomic mass is 10.0. The summed E-state index contributed by atoms with van der Waals surface area (Å²) in [6.07, 6.45) is -9.52. The molecular formula is C13H6F7NO. The molecule has 0 bridgehead atoms. The van der Waals surface area contributed by atoms with Crippen LogP contribution in [0.15, 0.2) is 36.5 Å². The van der Waals surface area contributed by atoms with Gasteiger partial charge in [0.15, 0.2) is 0 Å². The molecule has 0 saturated heterocycles. The van der Waals surface area contributed by atoms with E-state index in [1.165, 1.54) is 0 Å². The van der Waals surface area contributed by atoms with Gasteiger partial charge in [0.1, 0.15) is 5.75 Å². The van der Waals surface area contributed by atoms with E-state index in [0.29, 0.717) is 12.3 Å². The average molecular weight is 325 g/mol. The van der Waals surface area contributed by atoms with Crippen LogP contribution in [0.1, 0.15) is 5.56 Å². The Kier molecular flexibility index (Phi) is 3.99. The molecule has 0 atom stereocenters. The minimum absolute atomic E-state index is 0.475. The van der Waals surface area contributed by atoms with Crippen LogP contribution in [0.3, 0.4) is 0 Å². The van der Waals surface area contributed by atoms with Crippen LogP contribution in [0.4, 0.5) is 30.7 Å². The van der Waals surface area contributed by atoms with Crippen molar-refractivity contribution in [2.45, 2.75) is 12.5 Å². The van der Waals surface area contributed by atoms with E-state index in [2.05, 4.69) is 9.72 Å². The van der Waals surface area contributed by atoms with Gasteiger partial charge in [-0.25, -0.2) is 4.98 Å². The Bertz CT molecular complexity index is 679. The fraction of sp³-hybridized carbons (Fsp3) is 0.154. The molecule has 0 aliphatic carbocycles. The van der Waals surface area contributed by atoms with Crippen LogP contribution in [0.5, 0.6) is 5.75 Å². The van der Waals surface area contributed by atoms with Crippen molar-refractivity contribution in [1.29, 1.82) is 0 Å². The Balaban J connectivity index is 2.68. The molecule has 0 N–H and O–H groups in total. The van der Waals surface area contributed by atoms with Gasteiger partial charge >= 0.3 is 12.5 Å². The highest BCUT2D eigenvalue weighted by Gasteiger charge is 2.37. The van der Waals surface area contributed by atoms with Crippen molar-refractivity contribution in [3.8, 4) is 16.9 Å². The van der Waals surface area contributed by atoms with Gasteiger partial charge in [0.25, 0.3) is 0 Å². The molecule has 0 fully saturated rings. The third-order valence-electron chi connectivity index (χ3n) is 2.59. The normalized spacial score (nSPS) is 12.3. The molecule has 1 aromatic carbocycles. The monoisotopic (exact) mass is 325 g/mol. The van der Waals surface area contributed by atoms with E-state index in [9.17, 15) is 30.7 Å². The Morgan fingerprint density at radius 2 is 1.55 bits per heavy atom. The van der Waals surface area contributed by atoms with Gasteiger partial charge in [-0.05, 0) is 12.1 Å². The molecule has 0 spiro atoms. The Morgan fingerprint density at radius 1 is 0.909 bits per heavy atom. The van der Waals surface area contributed by atoms with Crippen LogP contribution in [0, 0.1) is 5.95 Å². The van der Waals surface area contributed by atoms with Crippen molar-refractivity contribution >= 4 is 0 Å². The molecule has 118 valence electrons. The molecule has 9 heteroatoms. The predicted molar refractivity (Wildman–Crippen MR) is 61.3 cm³/mol. The van der Waals surface area contributed by atoms with Crippen molar-refractivity contribution in [1.82, 2.24) is 4.98 Å². The fourth-order valence-electron chi connectivity index (χ4n) is 1.82. The van der Waals surface area contributed by atoms with Crippen LogP contribution in [-0.4, -0.2) is 11.3 Å². The number of hydrogen-bond acceptors (Lipinski definition) is 2. The van der Waals surface area contributed by atoms with E-state index < -0.39 is 40.9 Å². The van der Waals surface area contributed by atoms with E-state index >= 15 is 0 Å². The number of nitrogens with zero attached hydrogens (tertiary/aromatic N) is 1. The third-order valence-corrected chi connectivity index (χ3v) is 2.59. The minimum Gasteiger partial charge on any atom is -0.405 e. The maximum absolute atomic E-state index is 13.7. The van der Waals surface area contributed by atoms with Gasteiger partial charge in [0.2, 0.25) is 5.95 Å². The molecule has 0 aliphatic heterocycles. The standard InChI is InChI=1S/C13H6F7NO/c14-11-10(8(5-6-21-11)12(15,16)17)7-3-1-2-4-9(7)22-13(18,19)20/h1-6H. The molecule has 0 aliphatic rings. The zero-order chi connectivity index (χ0) is 16.5. The molecule has 0 amide bonds. The van der Waals surface area contributed by atoms with Gasteiger partial charge in [-0.2, -0.15) is 17.6 Å². The predicted octanol–water partition coefficient (Wildman–Crippen LogP) is 4.81. The second kappa shape index (κ2) is 5.47. The lowest BCUT2D eigenvalue weighted by molar-refractivity contribution is -0.274. The summed E-state index contributed by atoms with van der Waals surface area (Å²) in [4.78, 5) is 3.06. The van der Waals surface area contributed by atoms with Crippen LogP contribution >= 0.6 is 0 Å². The number of para-hydroxylation sites is 1. The molecule has 2 nitrogen and oxygen atoms in total. The molecule has 2 aromatic rings. The maximum Gasteiger partial charge on any atom is 0.573 e. The van der Waals surface area contributed by atoms with Crippen molar-refractivity contribution in [3.63, 3.8) is 0 Å². The summed E-state index contributed by atoms with van der Waals surface area (Å²) < 4.78 is 93.1. The summed E-state index contributed by atoms with van der Waals surface area (Å²) in [5, 5.41) is 0. The second-order valence-electron chi connectivity index (χ2n) is 4.07. The van der Waals surface area contributed by atoms with Crippen molar-refractivity contribution in [2.75, 3.05) is 0 Å². The van der Waals surface area contributed by atoms with E-state index in [0.717, 1.165) is 24.3 Å². The first-order valence-corrected chi connectivity index (χ1v) is 5.66. The van der Waals surface area contributed by atoms with Gasteiger partial charge in [-0.15, -0.1) is 13.2 Å². The highest BCUT2D eigenvalue weighted by Crippen LogP contribution is 2.42. The number of benzene rings is 1. The Labute approximate surface area is 119 Å². The molecular weight excluding hydrogens is 319 g/mol. The number of aromatic nitrogens is 1. The highest BCUT2D eigenvalue weighted by molar-refractivity contribution is 5.73. The van der Waals surface area contributed by atoms with Crippen molar-refractivity contribution < 1.29 is 35.5 Å². The zero-order valence-electron chi connectivity index (χ0n) is 10.5. The second-order valence-corrected chi connectivity index (χ2v) is 4.07. The van der Waals surface area contributed by atoms with Gasteiger partial charge in [0, 0.05) is 11.8 Å². The number of halogens is 7. The van der Waals surface area contributed by atoms with E-state index in [4.69, 9.17) is 0 Å². The molecule has 2 rings (SSSR count). The van der Waals surface area contributed by atoms with Crippen molar-refractivity contribution in [3.05, 3.63) is 48.0 Å². The summed E-state index contributed by atoms with van der Waals surface area (Å²) in [6, 6.07) is 4.42. The molecule has 0 radical (unpaired) electrons. The van der Waals surface area contributed by atoms with Crippen molar-refractivity contribution in [2.24, 2.45) is 0 Å². The first-order chi connectivity index (χ1) is 10.1.